The number of carbonyl (C=O) groups excluding carboxylic acids is 1. The molecular formula is C24H25FN2O5S2. The third-order valence-electron chi connectivity index (χ3n) is 5.19. The molecule has 1 N–H and O–H groups in total. The average molecular weight is 505 g/mol. The first-order valence-electron chi connectivity index (χ1n) is 10.5. The molecule has 0 fully saturated rings. The van der Waals surface area contributed by atoms with Crippen LogP contribution in [0.1, 0.15) is 24.9 Å². The third-order valence-corrected chi connectivity index (χ3v) is 8.10. The molecule has 1 amide bonds. The monoisotopic (exact) mass is 504 g/mol. The van der Waals surface area contributed by atoms with E-state index in [9.17, 15) is 26.0 Å². The highest BCUT2D eigenvalue weighted by Gasteiger charge is 2.29. The molecule has 0 radical (unpaired) electrons. The molecule has 3 aromatic rings. The van der Waals surface area contributed by atoms with Gasteiger partial charge in [0, 0.05) is 6.26 Å². The van der Waals surface area contributed by atoms with Gasteiger partial charge in [-0.3, -0.25) is 9.10 Å². The molecule has 0 aliphatic rings. The zero-order chi connectivity index (χ0) is 24.9. The largest absolute Gasteiger partial charge is 0.348 e. The maximum Gasteiger partial charge on any atom is 0.264 e. The molecule has 34 heavy (non-hydrogen) atoms. The van der Waals surface area contributed by atoms with Crippen molar-refractivity contribution in [1.29, 1.82) is 0 Å². The molecule has 180 valence electrons. The third kappa shape index (κ3) is 5.81. The molecule has 7 nitrogen and oxygen atoms in total. The zero-order valence-electron chi connectivity index (χ0n) is 18.7. The van der Waals surface area contributed by atoms with Crippen LogP contribution in [0.2, 0.25) is 0 Å². The summed E-state index contributed by atoms with van der Waals surface area (Å²) in [5.74, 6) is -1.42. The Balaban J connectivity index is 1.89. The summed E-state index contributed by atoms with van der Waals surface area (Å²) in [4.78, 5) is 13.0. The SMILES string of the molecule is CCC(NC(=O)CN(c1ccccc1F)S(=O)(=O)c1ccccc1)c1ccc(S(C)(=O)=O)cc1. The Morgan fingerprint density at radius 3 is 2.03 bits per heavy atom. The Kier molecular flexibility index (Phi) is 7.73. The first-order chi connectivity index (χ1) is 16.0. The van der Waals surface area contributed by atoms with Crippen molar-refractivity contribution in [3.8, 4) is 0 Å². The lowest BCUT2D eigenvalue weighted by Crippen LogP contribution is -2.42. The van der Waals surface area contributed by atoms with Gasteiger partial charge in [-0.2, -0.15) is 0 Å². The fraction of sp³-hybridized carbons (Fsp3) is 0.208. The van der Waals surface area contributed by atoms with Gasteiger partial charge in [-0.1, -0.05) is 49.4 Å². The summed E-state index contributed by atoms with van der Waals surface area (Å²) >= 11 is 0. The summed E-state index contributed by atoms with van der Waals surface area (Å²) in [6, 6.07) is 18.4. The lowest BCUT2D eigenvalue weighted by atomic mass is 10.0. The van der Waals surface area contributed by atoms with Crippen LogP contribution in [0.5, 0.6) is 0 Å². The van der Waals surface area contributed by atoms with Gasteiger partial charge in [0.1, 0.15) is 12.4 Å². The van der Waals surface area contributed by atoms with Crippen molar-refractivity contribution in [3.63, 3.8) is 0 Å². The number of halogens is 1. The number of sulfone groups is 1. The van der Waals surface area contributed by atoms with Crippen molar-refractivity contribution in [2.24, 2.45) is 0 Å². The van der Waals surface area contributed by atoms with Gasteiger partial charge in [0.25, 0.3) is 10.0 Å². The van der Waals surface area contributed by atoms with Crippen LogP contribution in [0, 0.1) is 5.82 Å². The van der Waals surface area contributed by atoms with Crippen LogP contribution in [0.15, 0.2) is 88.7 Å². The second-order valence-corrected chi connectivity index (χ2v) is 11.5. The Morgan fingerprint density at radius 1 is 0.882 bits per heavy atom. The van der Waals surface area contributed by atoms with Crippen molar-refractivity contribution >= 4 is 31.5 Å². The van der Waals surface area contributed by atoms with E-state index in [2.05, 4.69) is 5.32 Å². The number of anilines is 1. The first kappa shape index (κ1) is 25.4. The van der Waals surface area contributed by atoms with E-state index in [4.69, 9.17) is 0 Å². The number of rotatable bonds is 9. The average Bonchev–Trinajstić information content (AvgIpc) is 2.81. The fourth-order valence-corrected chi connectivity index (χ4v) is 5.49. The summed E-state index contributed by atoms with van der Waals surface area (Å²) in [5.41, 5.74) is 0.415. The van der Waals surface area contributed by atoms with Crippen molar-refractivity contribution in [3.05, 3.63) is 90.2 Å². The van der Waals surface area contributed by atoms with Gasteiger partial charge in [0.05, 0.1) is 21.5 Å². The summed E-state index contributed by atoms with van der Waals surface area (Å²) in [7, 11) is -7.60. The smallest absolute Gasteiger partial charge is 0.264 e. The van der Waals surface area contributed by atoms with E-state index in [-0.39, 0.29) is 15.5 Å². The second-order valence-electron chi connectivity index (χ2n) is 7.65. The summed E-state index contributed by atoms with van der Waals surface area (Å²) in [5, 5.41) is 2.77. The summed E-state index contributed by atoms with van der Waals surface area (Å²) in [6.07, 6.45) is 1.57. The number of hydrogen-bond acceptors (Lipinski definition) is 5. The molecule has 0 saturated heterocycles. The van der Waals surface area contributed by atoms with Gasteiger partial charge >= 0.3 is 0 Å². The molecule has 10 heteroatoms. The van der Waals surface area contributed by atoms with Crippen LogP contribution in [0.25, 0.3) is 0 Å². The highest BCUT2D eigenvalue weighted by molar-refractivity contribution is 7.93. The topological polar surface area (TPSA) is 101 Å². The minimum absolute atomic E-state index is 0.0746. The second kappa shape index (κ2) is 10.4. The molecule has 0 heterocycles. The van der Waals surface area contributed by atoms with E-state index in [0.29, 0.717) is 12.0 Å². The molecule has 0 aromatic heterocycles. The van der Waals surface area contributed by atoms with E-state index in [1.54, 1.807) is 30.3 Å². The highest BCUT2D eigenvalue weighted by atomic mass is 32.2. The van der Waals surface area contributed by atoms with E-state index < -0.39 is 44.2 Å². The van der Waals surface area contributed by atoms with E-state index >= 15 is 0 Å². The zero-order valence-corrected chi connectivity index (χ0v) is 20.3. The predicted octanol–water partition coefficient (Wildman–Crippen LogP) is 3.69. The van der Waals surface area contributed by atoms with E-state index in [1.807, 2.05) is 6.92 Å². The maximum atomic E-state index is 14.6. The van der Waals surface area contributed by atoms with Crippen LogP contribution in [0.4, 0.5) is 10.1 Å². The predicted molar refractivity (Wildman–Crippen MR) is 128 cm³/mol. The van der Waals surface area contributed by atoms with Crippen molar-refractivity contribution in [2.45, 2.75) is 29.2 Å². The Hall–Kier alpha value is -3.24. The number of sulfonamides is 1. The fourth-order valence-electron chi connectivity index (χ4n) is 3.41. The van der Waals surface area contributed by atoms with E-state index in [1.165, 1.54) is 42.5 Å². The van der Waals surface area contributed by atoms with Crippen molar-refractivity contribution in [1.82, 2.24) is 5.32 Å². The number of benzene rings is 3. The molecule has 3 aromatic carbocycles. The molecule has 0 saturated carbocycles. The molecule has 3 rings (SSSR count). The van der Waals surface area contributed by atoms with Crippen LogP contribution in [-0.4, -0.2) is 35.5 Å². The number of amides is 1. The number of carbonyl (C=O) groups is 1. The first-order valence-corrected chi connectivity index (χ1v) is 13.8. The molecule has 0 aliphatic carbocycles. The maximum absolute atomic E-state index is 14.6. The van der Waals surface area contributed by atoms with Gasteiger partial charge < -0.3 is 5.32 Å². The van der Waals surface area contributed by atoms with Crippen LogP contribution in [0.3, 0.4) is 0 Å². The van der Waals surface area contributed by atoms with Gasteiger partial charge in [-0.05, 0) is 48.4 Å². The van der Waals surface area contributed by atoms with Gasteiger partial charge in [-0.15, -0.1) is 0 Å². The van der Waals surface area contributed by atoms with Gasteiger partial charge in [-0.25, -0.2) is 21.2 Å². The Morgan fingerprint density at radius 2 is 1.47 bits per heavy atom. The minimum Gasteiger partial charge on any atom is -0.348 e. The van der Waals surface area contributed by atoms with Crippen LogP contribution >= 0.6 is 0 Å². The molecule has 1 unspecified atom stereocenters. The molecule has 0 spiro atoms. The number of hydrogen-bond donors (Lipinski definition) is 1. The van der Waals surface area contributed by atoms with Gasteiger partial charge in [0.2, 0.25) is 5.91 Å². The molecule has 0 aliphatic heterocycles. The lowest BCUT2D eigenvalue weighted by molar-refractivity contribution is -0.120. The number of nitrogens with zero attached hydrogens (tertiary/aromatic N) is 1. The molecule has 1 atom stereocenters. The number of nitrogens with one attached hydrogen (secondary N) is 1. The summed E-state index contributed by atoms with van der Waals surface area (Å²) in [6.45, 7) is 1.18. The van der Waals surface area contributed by atoms with Crippen molar-refractivity contribution < 1.29 is 26.0 Å². The highest BCUT2D eigenvalue weighted by Crippen LogP contribution is 2.26. The van der Waals surface area contributed by atoms with E-state index in [0.717, 1.165) is 16.6 Å². The Labute approximate surface area is 199 Å². The molecular weight excluding hydrogens is 479 g/mol. The van der Waals surface area contributed by atoms with Gasteiger partial charge in [0.15, 0.2) is 9.84 Å². The normalized spacial score (nSPS) is 12.7. The van der Waals surface area contributed by atoms with Crippen LogP contribution < -0.4 is 9.62 Å². The standard InChI is InChI=1S/C24H25FN2O5S2/c1-3-22(18-13-15-19(16-14-18)33(2,29)30)26-24(28)17-27(23-12-8-7-11-21(23)25)34(31,32)20-9-5-4-6-10-20/h4-16,22H,3,17H2,1-2H3,(H,26,28). The molecule has 0 bridgehead atoms. The van der Waals surface area contributed by atoms with Crippen molar-refractivity contribution in [2.75, 3.05) is 17.1 Å². The summed E-state index contributed by atoms with van der Waals surface area (Å²) < 4.78 is 65.3. The Bertz CT molecular complexity index is 1360. The quantitative estimate of drug-likeness (QED) is 0.479. The number of para-hydroxylation sites is 1. The lowest BCUT2D eigenvalue weighted by Gasteiger charge is -2.26. The van der Waals surface area contributed by atoms with Crippen LogP contribution in [-0.2, 0) is 24.7 Å². The minimum atomic E-state index is -4.24.